The van der Waals surface area contributed by atoms with Crippen LogP contribution in [-0.2, 0) is 22.4 Å². The Kier molecular flexibility index (Phi) is 13.4. The number of H-pyrrole nitrogens is 1. The van der Waals surface area contributed by atoms with Crippen molar-refractivity contribution in [3.63, 3.8) is 0 Å². The van der Waals surface area contributed by atoms with Crippen LogP contribution in [0.5, 0.6) is 11.5 Å². The number of benzene rings is 2. The number of alkyl halides is 2. The zero-order valence-corrected chi connectivity index (χ0v) is 30.6. The fourth-order valence-electron chi connectivity index (χ4n) is 6.46. The van der Waals surface area contributed by atoms with Crippen molar-refractivity contribution < 1.29 is 47.8 Å². The van der Waals surface area contributed by atoms with E-state index in [0.717, 1.165) is 38.0 Å². The van der Waals surface area contributed by atoms with Crippen molar-refractivity contribution in [2.45, 2.75) is 64.6 Å². The average molecular weight is 774 g/mol. The van der Waals surface area contributed by atoms with Crippen LogP contribution in [-0.4, -0.2) is 65.9 Å². The van der Waals surface area contributed by atoms with Crippen molar-refractivity contribution in [2.75, 3.05) is 24.5 Å². The van der Waals surface area contributed by atoms with Crippen LogP contribution >= 0.6 is 23.2 Å². The Morgan fingerprint density at radius 2 is 1.70 bits per heavy atom. The van der Waals surface area contributed by atoms with E-state index in [4.69, 9.17) is 37.4 Å². The number of hydrogen-bond donors (Lipinski definition) is 0. The number of fused-ring (bicyclic) bond motifs is 3. The van der Waals surface area contributed by atoms with Crippen molar-refractivity contribution in [2.24, 2.45) is 5.92 Å². The maximum atomic E-state index is 13.7. The summed E-state index contributed by atoms with van der Waals surface area (Å²) in [6.07, 6.45) is 4.82. The molecule has 0 spiro atoms. The molecule has 3 fully saturated rings. The lowest BCUT2D eigenvalue weighted by Gasteiger charge is -2.44. The number of nitrogens with one attached hydrogen (secondary N) is 1. The predicted molar refractivity (Wildman–Crippen MR) is 192 cm³/mol. The molecular formula is C38H40Cl2F2N4O7. The summed E-state index contributed by atoms with van der Waals surface area (Å²) in [6, 6.07) is 16.4. The van der Waals surface area contributed by atoms with Crippen LogP contribution in [0, 0.1) is 5.92 Å². The highest BCUT2D eigenvalue weighted by Crippen LogP contribution is 2.37. The van der Waals surface area contributed by atoms with Crippen molar-refractivity contribution in [3.05, 3.63) is 112 Å². The monoisotopic (exact) mass is 772 g/mol. The van der Waals surface area contributed by atoms with Crippen LogP contribution in [0.2, 0.25) is 10.0 Å². The van der Waals surface area contributed by atoms with E-state index in [1.165, 1.54) is 23.1 Å². The second kappa shape index (κ2) is 18.0. The summed E-state index contributed by atoms with van der Waals surface area (Å²) in [7, 11) is 0. The zero-order valence-electron chi connectivity index (χ0n) is 29.1. The highest BCUT2D eigenvalue weighted by molar-refractivity contribution is 6.35. The third-order valence-corrected chi connectivity index (χ3v) is 9.75. The Morgan fingerprint density at radius 3 is 2.30 bits per heavy atom. The standard InChI is InChI=1S/C38H38Cl2F2N4O6.H2O/c1-23(2)49-33-17-27(10-11-31(33)51-37(41)42)32(18-28-29(39)19-43-20-30(28)40)50-36(47)26-8-6-24(7-9-26)21-46(35-5-3-4-14-44-35)38(48)52-34-22-45-15-12-25(34)13-16-45;/h3-11,14,17,19-20,23,25,32,34,37H,12-13,15-16,18,21-22H2,1-2H3;1H2/t32-,34-;/m0./s1. The first-order chi connectivity index (χ1) is 25.0. The van der Waals surface area contributed by atoms with Crippen LogP contribution in [0.1, 0.15) is 59.8 Å². The van der Waals surface area contributed by atoms with Gasteiger partial charge >= 0.3 is 18.7 Å². The molecule has 11 nitrogen and oxygen atoms in total. The van der Waals surface area contributed by atoms with Crippen molar-refractivity contribution in [3.8, 4) is 11.5 Å². The van der Waals surface area contributed by atoms with Gasteiger partial charge < -0.3 is 24.4 Å². The number of esters is 1. The van der Waals surface area contributed by atoms with Crippen molar-refractivity contribution >= 4 is 41.1 Å². The van der Waals surface area contributed by atoms with Gasteiger partial charge in [0.2, 0.25) is 0 Å². The number of hydrogen-bond acceptors (Lipinski definition) is 9. The topological polar surface area (TPSA) is 135 Å². The Morgan fingerprint density at radius 1 is 0.981 bits per heavy atom. The molecule has 2 N–H and O–H groups in total. The summed E-state index contributed by atoms with van der Waals surface area (Å²) in [5.41, 5.74) is 1.92. The molecule has 2 bridgehead atoms. The molecule has 5 heterocycles. The Balaban J connectivity index is 0.00000541. The van der Waals surface area contributed by atoms with E-state index in [1.807, 2.05) is 0 Å². The van der Waals surface area contributed by atoms with Crippen molar-refractivity contribution in [1.29, 1.82) is 0 Å². The Labute approximate surface area is 316 Å². The van der Waals surface area contributed by atoms with Gasteiger partial charge in [-0.15, -0.1) is 0 Å². The molecule has 2 aromatic carbocycles. The molecule has 0 unspecified atom stereocenters. The summed E-state index contributed by atoms with van der Waals surface area (Å²) < 4.78 is 48.9. The lowest BCUT2D eigenvalue weighted by Crippen LogP contribution is -2.53. The van der Waals surface area contributed by atoms with Crippen LogP contribution in [0.3, 0.4) is 0 Å². The van der Waals surface area contributed by atoms with E-state index in [1.54, 1.807) is 74.9 Å². The maximum Gasteiger partial charge on any atom is 0.416 e. The molecule has 3 saturated heterocycles. The number of anilines is 1. The molecule has 0 radical (unpaired) electrons. The van der Waals surface area contributed by atoms with E-state index >= 15 is 0 Å². The Hall–Kier alpha value is -4.56. The number of carbonyl (C=O) groups excluding carboxylic acids is 2. The number of aromatic amines is 1. The minimum absolute atomic E-state index is 0. The lowest BCUT2D eigenvalue weighted by atomic mass is 9.86. The van der Waals surface area contributed by atoms with Gasteiger partial charge in [-0.1, -0.05) is 47.5 Å². The molecule has 3 aliphatic rings. The molecular weight excluding hydrogens is 733 g/mol. The van der Waals surface area contributed by atoms with Gasteiger partial charge in [-0.25, -0.2) is 19.6 Å². The van der Waals surface area contributed by atoms with E-state index in [9.17, 15) is 18.4 Å². The molecule has 282 valence electrons. The van der Waals surface area contributed by atoms with Crippen LogP contribution in [0.4, 0.5) is 19.4 Å². The third-order valence-electron chi connectivity index (χ3n) is 9.08. The number of carbonyl (C=O) groups is 2. The minimum atomic E-state index is -3.07. The number of piperidine rings is 3. The number of nitrogens with zero attached hydrogens (tertiary/aromatic N) is 3. The predicted octanol–water partition coefficient (Wildman–Crippen LogP) is 7.79. The summed E-state index contributed by atoms with van der Waals surface area (Å²) in [6.45, 7) is 3.37. The normalized spacial score (nSPS) is 18.2. The second-order valence-electron chi connectivity index (χ2n) is 13.0. The molecule has 2 atom stereocenters. The quantitative estimate of drug-likeness (QED) is 0.125. The fraction of sp³-hybridized carbons (Fsp3) is 0.368. The van der Waals surface area contributed by atoms with Crippen molar-refractivity contribution in [1.82, 2.24) is 9.88 Å². The molecule has 15 heteroatoms. The van der Waals surface area contributed by atoms with E-state index in [2.05, 4.69) is 19.6 Å². The molecule has 7 rings (SSSR count). The van der Waals surface area contributed by atoms with Gasteiger partial charge in [0.05, 0.1) is 18.2 Å². The number of halogens is 4. The van der Waals surface area contributed by atoms with Gasteiger partial charge in [0.25, 0.3) is 0 Å². The molecule has 2 aromatic heterocycles. The first kappa shape index (κ1) is 39.6. The lowest BCUT2D eigenvalue weighted by molar-refractivity contribution is -0.377. The van der Waals surface area contributed by atoms with E-state index in [-0.39, 0.29) is 47.7 Å². The van der Waals surface area contributed by atoms with Gasteiger partial charge in [0.15, 0.2) is 23.9 Å². The van der Waals surface area contributed by atoms with Gasteiger partial charge in [0, 0.05) is 24.7 Å². The number of ether oxygens (including phenoxy) is 4. The smallest absolute Gasteiger partial charge is 0.416 e. The van der Waals surface area contributed by atoms with Gasteiger partial charge in [-0.2, -0.15) is 8.78 Å². The second-order valence-corrected chi connectivity index (χ2v) is 13.8. The number of rotatable bonds is 13. The molecule has 4 aromatic rings. The fourth-order valence-corrected chi connectivity index (χ4v) is 7.00. The maximum absolute atomic E-state index is 13.7. The summed E-state index contributed by atoms with van der Waals surface area (Å²) >= 11 is 12.9. The highest BCUT2D eigenvalue weighted by atomic mass is 35.5. The summed E-state index contributed by atoms with van der Waals surface area (Å²) in [4.78, 5) is 38.3. The third kappa shape index (κ3) is 10.1. The minimum Gasteiger partial charge on any atom is -0.870 e. The average Bonchev–Trinajstić information content (AvgIpc) is 3.13. The van der Waals surface area contributed by atoms with Gasteiger partial charge in [-0.3, -0.25) is 9.80 Å². The SMILES string of the molecule is CC(C)Oc1cc([C@H](Cc2c(Cl)c[nH+]cc2Cl)OC(=O)c2ccc(CN(C(=O)O[C@H]3CN4CCC3CC4)c3ccccn3)cc2)ccc1OC(F)F.[OH-]. The van der Waals surface area contributed by atoms with E-state index in [0.29, 0.717) is 32.9 Å². The van der Waals surface area contributed by atoms with Crippen LogP contribution in [0.15, 0.2) is 79.3 Å². The van der Waals surface area contributed by atoms with Gasteiger partial charge in [-0.05, 0) is 93.2 Å². The zero-order chi connectivity index (χ0) is 36.8. The summed E-state index contributed by atoms with van der Waals surface area (Å²) in [5.74, 6) is 0.0295. The molecule has 53 heavy (non-hydrogen) atoms. The first-order valence-electron chi connectivity index (χ1n) is 17.0. The molecule has 3 aliphatic heterocycles. The molecule has 0 saturated carbocycles. The number of pyridine rings is 2. The van der Waals surface area contributed by atoms with Gasteiger partial charge in [0.1, 0.15) is 28.1 Å². The van der Waals surface area contributed by atoms with E-state index < -0.39 is 24.8 Å². The molecule has 1 amide bonds. The number of amides is 1. The van der Waals surface area contributed by atoms with Crippen LogP contribution in [0.25, 0.3) is 0 Å². The Bertz CT molecular complexity index is 1830. The van der Waals surface area contributed by atoms with Crippen LogP contribution < -0.4 is 19.4 Å². The highest BCUT2D eigenvalue weighted by Gasteiger charge is 2.37. The molecule has 0 aliphatic carbocycles. The first-order valence-corrected chi connectivity index (χ1v) is 17.8. The summed E-state index contributed by atoms with van der Waals surface area (Å²) in [5, 5.41) is 0.636. The number of aromatic nitrogens is 2. The largest absolute Gasteiger partial charge is 0.870 e.